The molecule has 1 aliphatic heterocycles. The molecule has 0 aromatic heterocycles. The van der Waals surface area contributed by atoms with E-state index in [0.717, 1.165) is 11.1 Å². The van der Waals surface area contributed by atoms with Crippen molar-refractivity contribution in [3.63, 3.8) is 0 Å². The average Bonchev–Trinajstić information content (AvgIpc) is 2.59. The number of anilines is 1. The van der Waals surface area contributed by atoms with Crippen molar-refractivity contribution in [3.05, 3.63) is 53.6 Å². The molecular weight excluding hydrogens is 302 g/mol. The van der Waals surface area contributed by atoms with Crippen molar-refractivity contribution in [1.82, 2.24) is 0 Å². The number of ether oxygens (including phenoxy) is 1. The Kier molecular flexibility index (Phi) is 4.22. The van der Waals surface area contributed by atoms with Crippen LogP contribution >= 0.6 is 0 Å². The Hall–Kier alpha value is -2.49. The highest BCUT2D eigenvalue weighted by Crippen LogP contribution is 2.42. The van der Waals surface area contributed by atoms with Crippen LogP contribution in [0.5, 0.6) is 11.5 Å². The summed E-state index contributed by atoms with van der Waals surface area (Å²) in [6.07, 6.45) is 1.21. The van der Waals surface area contributed by atoms with Gasteiger partial charge in [-0.05, 0) is 43.0 Å². The van der Waals surface area contributed by atoms with Crippen molar-refractivity contribution in [1.29, 1.82) is 0 Å². The lowest BCUT2D eigenvalue weighted by Gasteiger charge is -2.42. The highest BCUT2D eigenvalue weighted by molar-refractivity contribution is 6.03. The Labute approximate surface area is 142 Å². The summed E-state index contributed by atoms with van der Waals surface area (Å²) in [5.74, 6) is 0.721. The molecule has 0 saturated heterocycles. The highest BCUT2D eigenvalue weighted by atomic mass is 16.5. The molecule has 1 aliphatic rings. The first-order valence-electron chi connectivity index (χ1n) is 8.39. The van der Waals surface area contributed by atoms with E-state index in [9.17, 15) is 9.90 Å². The van der Waals surface area contributed by atoms with Gasteiger partial charge in [0, 0.05) is 6.07 Å². The molecule has 1 heterocycles. The minimum atomic E-state index is -0.841. The number of carbonyl (C=O) groups is 1. The van der Waals surface area contributed by atoms with Crippen LogP contribution in [0.4, 0.5) is 5.69 Å². The summed E-state index contributed by atoms with van der Waals surface area (Å²) in [7, 11) is 0. The summed E-state index contributed by atoms with van der Waals surface area (Å²) in [6.45, 7) is 6.45. The number of amides is 1. The number of rotatable bonds is 4. The first-order valence-corrected chi connectivity index (χ1v) is 8.39. The number of nitrogens with zero attached hydrogens (tertiary/aromatic N) is 1. The van der Waals surface area contributed by atoms with Crippen LogP contribution in [-0.2, 0) is 11.3 Å². The average molecular weight is 325 g/mol. The van der Waals surface area contributed by atoms with E-state index in [0.29, 0.717) is 30.8 Å². The summed E-state index contributed by atoms with van der Waals surface area (Å²) < 4.78 is 6.08. The van der Waals surface area contributed by atoms with Gasteiger partial charge >= 0.3 is 0 Å². The fourth-order valence-electron chi connectivity index (χ4n) is 3.22. The number of phenols is 1. The maximum absolute atomic E-state index is 13.2. The molecule has 4 heteroatoms. The van der Waals surface area contributed by atoms with Crippen molar-refractivity contribution in [3.8, 4) is 11.5 Å². The van der Waals surface area contributed by atoms with Crippen molar-refractivity contribution < 1.29 is 14.6 Å². The Bertz CT molecular complexity index is 765. The van der Waals surface area contributed by atoms with Crippen LogP contribution in [0.1, 0.15) is 37.8 Å². The third-order valence-corrected chi connectivity index (χ3v) is 4.91. The van der Waals surface area contributed by atoms with Gasteiger partial charge in [-0.15, -0.1) is 0 Å². The molecule has 4 nitrogen and oxygen atoms in total. The van der Waals surface area contributed by atoms with E-state index < -0.39 is 5.60 Å². The quantitative estimate of drug-likeness (QED) is 0.917. The van der Waals surface area contributed by atoms with E-state index in [4.69, 9.17) is 4.74 Å². The molecule has 0 radical (unpaired) electrons. The molecule has 1 N–H and O–H groups in total. The van der Waals surface area contributed by atoms with Crippen LogP contribution in [0.2, 0.25) is 0 Å². The number of benzene rings is 2. The van der Waals surface area contributed by atoms with Crippen molar-refractivity contribution in [2.75, 3.05) is 4.90 Å². The maximum atomic E-state index is 13.2. The number of carbonyl (C=O) groups excluding carboxylic acids is 1. The molecular formula is C20H23NO3. The summed E-state index contributed by atoms with van der Waals surface area (Å²) in [5.41, 5.74) is 2.01. The van der Waals surface area contributed by atoms with E-state index in [1.807, 2.05) is 45.0 Å². The molecule has 3 rings (SSSR count). The molecule has 0 unspecified atom stereocenters. The second-order valence-electron chi connectivity index (χ2n) is 6.27. The first kappa shape index (κ1) is 16.4. The number of hydrogen-bond donors (Lipinski definition) is 1. The molecule has 24 heavy (non-hydrogen) atoms. The molecule has 0 spiro atoms. The Morgan fingerprint density at radius 1 is 1.12 bits per heavy atom. The van der Waals surface area contributed by atoms with Crippen LogP contribution in [-0.4, -0.2) is 16.6 Å². The van der Waals surface area contributed by atoms with Gasteiger partial charge in [0.2, 0.25) is 0 Å². The summed E-state index contributed by atoms with van der Waals surface area (Å²) >= 11 is 0. The van der Waals surface area contributed by atoms with Gasteiger partial charge in [-0.3, -0.25) is 4.79 Å². The third-order valence-electron chi connectivity index (χ3n) is 4.91. The van der Waals surface area contributed by atoms with Gasteiger partial charge in [0.25, 0.3) is 5.91 Å². The predicted octanol–water partition coefficient (Wildman–Crippen LogP) is 4.19. The number of hydrogen-bond acceptors (Lipinski definition) is 3. The van der Waals surface area contributed by atoms with Gasteiger partial charge in [0.1, 0.15) is 11.5 Å². The van der Waals surface area contributed by atoms with E-state index in [-0.39, 0.29) is 11.7 Å². The van der Waals surface area contributed by atoms with E-state index in [1.165, 1.54) is 0 Å². The van der Waals surface area contributed by atoms with E-state index in [2.05, 4.69) is 0 Å². The fourth-order valence-corrected chi connectivity index (χ4v) is 3.22. The van der Waals surface area contributed by atoms with E-state index >= 15 is 0 Å². The monoisotopic (exact) mass is 325 g/mol. The Morgan fingerprint density at radius 3 is 2.50 bits per heavy atom. The number of fused-ring (bicyclic) bond motifs is 1. The summed E-state index contributed by atoms with van der Waals surface area (Å²) in [5, 5.41) is 9.86. The van der Waals surface area contributed by atoms with Crippen molar-refractivity contribution >= 4 is 11.6 Å². The van der Waals surface area contributed by atoms with Gasteiger partial charge in [-0.1, -0.05) is 38.1 Å². The fraction of sp³-hybridized carbons (Fsp3) is 0.350. The molecule has 0 atom stereocenters. The van der Waals surface area contributed by atoms with Crippen LogP contribution in [0.25, 0.3) is 0 Å². The zero-order chi connectivity index (χ0) is 17.3. The number of aromatic hydroxyl groups is 1. The van der Waals surface area contributed by atoms with Crippen LogP contribution in [0.3, 0.4) is 0 Å². The Balaban J connectivity index is 2.10. The molecule has 0 saturated carbocycles. The minimum absolute atomic E-state index is 0.0474. The highest BCUT2D eigenvalue weighted by Gasteiger charge is 2.45. The molecule has 2 aromatic carbocycles. The van der Waals surface area contributed by atoms with Gasteiger partial charge < -0.3 is 14.7 Å². The van der Waals surface area contributed by atoms with Gasteiger partial charge in [-0.2, -0.15) is 0 Å². The molecule has 0 bridgehead atoms. The zero-order valence-electron chi connectivity index (χ0n) is 14.4. The van der Waals surface area contributed by atoms with Crippen molar-refractivity contribution in [2.45, 2.75) is 45.8 Å². The Morgan fingerprint density at radius 2 is 1.83 bits per heavy atom. The maximum Gasteiger partial charge on any atom is 0.271 e. The van der Waals surface area contributed by atoms with Crippen LogP contribution in [0.15, 0.2) is 42.5 Å². The third kappa shape index (κ3) is 2.62. The molecule has 0 aliphatic carbocycles. The van der Waals surface area contributed by atoms with E-state index in [1.54, 1.807) is 23.1 Å². The second-order valence-corrected chi connectivity index (χ2v) is 6.27. The summed E-state index contributed by atoms with van der Waals surface area (Å²) in [6, 6.07) is 13.0. The molecule has 0 fully saturated rings. The van der Waals surface area contributed by atoms with Gasteiger partial charge in [0.15, 0.2) is 5.60 Å². The minimum Gasteiger partial charge on any atom is -0.508 e. The standard InChI is InChI=1S/C20H23NO3/c1-4-20(5-2)19(23)21(13-15-9-7-6-8-14(15)3)17-12-16(22)10-11-18(17)24-20/h6-12,22H,4-5,13H2,1-3H3. The lowest BCUT2D eigenvalue weighted by atomic mass is 9.92. The van der Waals surface area contributed by atoms with Crippen molar-refractivity contribution in [2.24, 2.45) is 0 Å². The first-order chi connectivity index (χ1) is 11.5. The second kappa shape index (κ2) is 6.19. The predicted molar refractivity (Wildman–Crippen MR) is 94.4 cm³/mol. The topological polar surface area (TPSA) is 49.8 Å². The lowest BCUT2D eigenvalue weighted by molar-refractivity contribution is -0.136. The van der Waals surface area contributed by atoms with Crippen LogP contribution in [0, 0.1) is 6.92 Å². The van der Waals surface area contributed by atoms with Gasteiger partial charge in [0.05, 0.1) is 12.2 Å². The normalized spacial score (nSPS) is 15.8. The summed E-state index contributed by atoms with van der Waals surface area (Å²) in [4.78, 5) is 15.0. The lowest BCUT2D eigenvalue weighted by Crippen LogP contribution is -2.55. The molecule has 1 amide bonds. The molecule has 2 aromatic rings. The number of phenolic OH excluding ortho intramolecular Hbond substituents is 1. The van der Waals surface area contributed by atoms with Crippen LogP contribution < -0.4 is 9.64 Å². The molecule has 126 valence electrons. The SMILES string of the molecule is CCC1(CC)Oc2ccc(O)cc2N(Cc2ccccc2C)C1=O. The zero-order valence-corrected chi connectivity index (χ0v) is 14.4. The van der Waals surface area contributed by atoms with Gasteiger partial charge in [-0.25, -0.2) is 0 Å². The largest absolute Gasteiger partial charge is 0.508 e. The number of aryl methyl sites for hydroxylation is 1. The smallest absolute Gasteiger partial charge is 0.271 e.